The number of fused-ring (bicyclic) bond motifs is 2. The van der Waals surface area contributed by atoms with Crippen molar-refractivity contribution in [2.75, 3.05) is 18.4 Å². The lowest BCUT2D eigenvalue weighted by Gasteiger charge is -2.33. The molecule has 0 aromatic heterocycles. The summed E-state index contributed by atoms with van der Waals surface area (Å²) in [5.74, 6) is -0.477. The molecule has 0 spiro atoms. The number of anilines is 1. The number of carbonyl (C=O) groups excluding carboxylic acids is 2. The van der Waals surface area contributed by atoms with Crippen LogP contribution in [0.4, 0.5) is 14.9 Å². The van der Waals surface area contributed by atoms with Crippen LogP contribution in [0.5, 0.6) is 0 Å². The Morgan fingerprint density at radius 3 is 2.60 bits per heavy atom. The fraction of sp³-hybridized carbons (Fsp3) is 0.556. The van der Waals surface area contributed by atoms with Crippen LogP contribution in [0.25, 0.3) is 0 Å². The number of hydrogen-bond donors (Lipinski definition) is 2. The van der Waals surface area contributed by atoms with Crippen LogP contribution in [0.3, 0.4) is 0 Å². The van der Waals surface area contributed by atoms with Gasteiger partial charge in [0.25, 0.3) is 0 Å². The Morgan fingerprint density at radius 2 is 1.92 bits per heavy atom. The van der Waals surface area contributed by atoms with Gasteiger partial charge in [-0.15, -0.1) is 0 Å². The number of ether oxygens (including phenoxy) is 1. The molecule has 25 heavy (non-hydrogen) atoms. The van der Waals surface area contributed by atoms with Crippen LogP contribution in [-0.4, -0.2) is 48.2 Å². The van der Waals surface area contributed by atoms with Crippen LogP contribution in [0.2, 0.25) is 0 Å². The molecule has 2 heterocycles. The van der Waals surface area contributed by atoms with E-state index >= 15 is 0 Å². The number of amides is 3. The summed E-state index contributed by atoms with van der Waals surface area (Å²) in [6.07, 6.45) is 3.59. The van der Waals surface area contributed by atoms with E-state index in [1.54, 1.807) is 4.90 Å². The van der Waals surface area contributed by atoms with Gasteiger partial charge in [0.15, 0.2) is 0 Å². The second-order valence-electron chi connectivity index (χ2n) is 7.12. The molecule has 1 aliphatic carbocycles. The van der Waals surface area contributed by atoms with Gasteiger partial charge in [0.1, 0.15) is 5.82 Å². The van der Waals surface area contributed by atoms with Gasteiger partial charge < -0.3 is 20.3 Å². The highest BCUT2D eigenvalue weighted by molar-refractivity contribution is 5.89. The van der Waals surface area contributed by atoms with E-state index in [0.29, 0.717) is 31.2 Å². The zero-order chi connectivity index (χ0) is 17.4. The third kappa shape index (κ3) is 3.46. The van der Waals surface area contributed by atoms with Crippen LogP contribution >= 0.6 is 0 Å². The smallest absolute Gasteiger partial charge is 0.322 e. The number of carbonyl (C=O) groups is 2. The Bertz CT molecular complexity index is 662. The van der Waals surface area contributed by atoms with E-state index in [2.05, 4.69) is 10.6 Å². The summed E-state index contributed by atoms with van der Waals surface area (Å²) in [6, 6.07) is 5.73. The first kappa shape index (κ1) is 16.3. The molecule has 0 radical (unpaired) electrons. The number of halogens is 1. The average Bonchev–Trinajstić information content (AvgIpc) is 2.87. The van der Waals surface area contributed by atoms with Crippen LogP contribution in [0.1, 0.15) is 25.7 Å². The zero-order valence-electron chi connectivity index (χ0n) is 13.9. The van der Waals surface area contributed by atoms with Gasteiger partial charge in [-0.25, -0.2) is 9.18 Å². The number of benzene rings is 1. The van der Waals surface area contributed by atoms with E-state index in [1.807, 2.05) is 0 Å². The predicted molar refractivity (Wildman–Crippen MR) is 89.5 cm³/mol. The lowest BCUT2D eigenvalue weighted by atomic mass is 9.91. The maximum atomic E-state index is 13.0. The molecule has 2 aliphatic heterocycles. The van der Waals surface area contributed by atoms with Gasteiger partial charge in [-0.1, -0.05) is 0 Å². The fourth-order valence-electron chi connectivity index (χ4n) is 3.70. The van der Waals surface area contributed by atoms with Crippen molar-refractivity contribution in [1.29, 1.82) is 0 Å². The largest absolute Gasteiger partial charge is 0.370 e. The Hall–Kier alpha value is -2.15. The highest BCUT2D eigenvalue weighted by Gasteiger charge is 2.46. The monoisotopic (exact) mass is 347 g/mol. The molecule has 3 atom stereocenters. The molecule has 4 rings (SSSR count). The standard InChI is InChI=1S/C18H22FN3O3/c19-11-4-6-13(7-5-11)21-18(24)22-9-14-8-15(16(10-22)25-14)17(23)20-12-2-1-3-12/h4-7,12,14-16H,1-3,8-10H2,(H,20,23)(H,21,24)/t14-,15-,16-/m0/s1. The molecule has 134 valence electrons. The van der Waals surface area contributed by atoms with Gasteiger partial charge in [0.05, 0.1) is 18.1 Å². The molecule has 3 aliphatic rings. The van der Waals surface area contributed by atoms with Crippen molar-refractivity contribution in [3.05, 3.63) is 30.1 Å². The highest BCUT2D eigenvalue weighted by Crippen LogP contribution is 2.33. The normalized spacial score (nSPS) is 28.4. The van der Waals surface area contributed by atoms with Gasteiger partial charge in [0.2, 0.25) is 5.91 Å². The first-order valence-corrected chi connectivity index (χ1v) is 8.86. The van der Waals surface area contributed by atoms with E-state index < -0.39 is 0 Å². The van der Waals surface area contributed by atoms with E-state index in [0.717, 1.165) is 12.8 Å². The third-order valence-corrected chi connectivity index (χ3v) is 5.33. The molecule has 0 unspecified atom stereocenters. The van der Waals surface area contributed by atoms with Crippen LogP contribution in [0, 0.1) is 11.7 Å². The molecular weight excluding hydrogens is 325 g/mol. The molecule has 2 saturated heterocycles. The summed E-state index contributed by atoms with van der Waals surface area (Å²) < 4.78 is 18.8. The summed E-state index contributed by atoms with van der Waals surface area (Å²) in [7, 11) is 0. The minimum Gasteiger partial charge on any atom is -0.370 e. The zero-order valence-corrected chi connectivity index (χ0v) is 13.9. The minimum atomic E-state index is -0.345. The fourth-order valence-corrected chi connectivity index (χ4v) is 3.70. The van der Waals surface area contributed by atoms with E-state index in [-0.39, 0.29) is 35.9 Å². The number of urea groups is 1. The molecule has 6 nitrogen and oxygen atoms in total. The van der Waals surface area contributed by atoms with Crippen molar-refractivity contribution < 1.29 is 18.7 Å². The summed E-state index contributed by atoms with van der Waals surface area (Å²) in [5, 5.41) is 5.85. The third-order valence-electron chi connectivity index (χ3n) is 5.33. The molecule has 2 bridgehead atoms. The lowest BCUT2D eigenvalue weighted by Crippen LogP contribution is -2.50. The quantitative estimate of drug-likeness (QED) is 0.880. The predicted octanol–water partition coefficient (Wildman–Crippen LogP) is 2.12. The van der Waals surface area contributed by atoms with Gasteiger partial charge in [-0.2, -0.15) is 0 Å². The molecule has 1 aromatic carbocycles. The first-order chi connectivity index (χ1) is 12.1. The van der Waals surface area contributed by atoms with E-state index in [4.69, 9.17) is 4.74 Å². The summed E-state index contributed by atoms with van der Waals surface area (Å²) >= 11 is 0. The lowest BCUT2D eigenvalue weighted by molar-refractivity contribution is -0.128. The maximum Gasteiger partial charge on any atom is 0.322 e. The summed E-state index contributed by atoms with van der Waals surface area (Å²) in [5.41, 5.74) is 0.546. The average molecular weight is 347 g/mol. The van der Waals surface area contributed by atoms with Crippen molar-refractivity contribution in [3.8, 4) is 0 Å². The minimum absolute atomic E-state index is 0.0537. The van der Waals surface area contributed by atoms with E-state index in [1.165, 1.54) is 30.7 Å². The van der Waals surface area contributed by atoms with Gasteiger partial charge in [0, 0.05) is 24.8 Å². The number of hydrogen-bond acceptors (Lipinski definition) is 3. The van der Waals surface area contributed by atoms with Crippen LogP contribution in [0.15, 0.2) is 24.3 Å². The molecule has 3 fully saturated rings. The van der Waals surface area contributed by atoms with Gasteiger partial charge in [-0.3, -0.25) is 4.79 Å². The molecule has 1 saturated carbocycles. The molecule has 2 N–H and O–H groups in total. The number of nitrogens with zero attached hydrogens (tertiary/aromatic N) is 1. The Morgan fingerprint density at radius 1 is 1.16 bits per heavy atom. The number of nitrogens with one attached hydrogen (secondary N) is 2. The molecule has 1 aromatic rings. The Balaban J connectivity index is 1.35. The van der Waals surface area contributed by atoms with E-state index in [9.17, 15) is 14.0 Å². The number of likely N-dealkylation sites (tertiary alicyclic amines) is 1. The topological polar surface area (TPSA) is 70.7 Å². The highest BCUT2D eigenvalue weighted by atomic mass is 19.1. The van der Waals surface area contributed by atoms with Crippen molar-refractivity contribution in [1.82, 2.24) is 10.2 Å². The first-order valence-electron chi connectivity index (χ1n) is 8.86. The van der Waals surface area contributed by atoms with Crippen molar-refractivity contribution in [2.24, 2.45) is 5.92 Å². The molecular formula is C18H22FN3O3. The Labute approximate surface area is 145 Å². The SMILES string of the molecule is O=C(NC1CCC1)[C@H]1C[C@H]2CN(C(=O)Nc3ccc(F)cc3)C[C@@H]1O2. The van der Waals surface area contributed by atoms with Gasteiger partial charge >= 0.3 is 6.03 Å². The summed E-state index contributed by atoms with van der Waals surface area (Å²) in [6.45, 7) is 0.864. The number of rotatable bonds is 3. The number of morpholine rings is 1. The van der Waals surface area contributed by atoms with Crippen molar-refractivity contribution in [3.63, 3.8) is 0 Å². The molecule has 7 heteroatoms. The summed E-state index contributed by atoms with van der Waals surface area (Å²) in [4.78, 5) is 26.6. The van der Waals surface area contributed by atoms with Crippen LogP contribution in [-0.2, 0) is 9.53 Å². The molecule has 3 amide bonds. The van der Waals surface area contributed by atoms with Crippen molar-refractivity contribution >= 4 is 17.6 Å². The van der Waals surface area contributed by atoms with Crippen molar-refractivity contribution in [2.45, 2.75) is 43.9 Å². The second-order valence-corrected chi connectivity index (χ2v) is 7.12. The van der Waals surface area contributed by atoms with Gasteiger partial charge in [-0.05, 0) is 49.9 Å². The second kappa shape index (κ2) is 6.63. The van der Waals surface area contributed by atoms with Crippen LogP contribution < -0.4 is 10.6 Å². The Kier molecular flexibility index (Phi) is 4.33. The maximum absolute atomic E-state index is 13.0.